The summed E-state index contributed by atoms with van der Waals surface area (Å²) in [5.74, 6) is -1.08. The lowest BCUT2D eigenvalue weighted by atomic mass is 9.69. The first-order valence-corrected chi connectivity index (χ1v) is 15.7. The summed E-state index contributed by atoms with van der Waals surface area (Å²) in [4.78, 5) is 57.5. The normalized spacial score (nSPS) is 26.4. The summed E-state index contributed by atoms with van der Waals surface area (Å²) in [6, 6.07) is 0.472. The Morgan fingerprint density at radius 1 is 1.13 bits per heavy atom. The number of likely N-dealkylation sites (N-methyl/N-ethyl adjacent to an activating group) is 1. The second kappa shape index (κ2) is 12.3. The molecule has 1 aromatic carbocycles. The van der Waals surface area contributed by atoms with Gasteiger partial charge in [0.15, 0.2) is 23.0 Å². The van der Waals surface area contributed by atoms with E-state index in [0.29, 0.717) is 23.3 Å². The lowest BCUT2D eigenvalue weighted by molar-refractivity contribution is -0.125. The number of hydrogen-bond acceptors (Lipinski definition) is 11. The Morgan fingerprint density at radius 2 is 1.81 bits per heavy atom. The lowest BCUT2D eigenvalue weighted by Crippen LogP contribution is -2.71. The summed E-state index contributed by atoms with van der Waals surface area (Å²) < 4.78 is 16.2. The number of rotatable bonds is 6. The Bertz CT molecular complexity index is 1650. The van der Waals surface area contributed by atoms with Gasteiger partial charge in [-0.15, -0.1) is 0 Å². The minimum atomic E-state index is -0.990. The van der Waals surface area contributed by atoms with Gasteiger partial charge < -0.3 is 30.0 Å². The maximum absolute atomic E-state index is 14.0. The Hall–Kier alpha value is -4.41. The average molecular weight is 650 g/mol. The first-order valence-electron chi connectivity index (χ1n) is 15.7. The van der Waals surface area contributed by atoms with E-state index in [-0.39, 0.29) is 47.4 Å². The van der Waals surface area contributed by atoms with Gasteiger partial charge in [0.25, 0.3) is 0 Å². The number of ether oxygens (including phenoxy) is 3. The summed E-state index contributed by atoms with van der Waals surface area (Å²) in [5, 5.41) is 27.6. The standard InChI is InChI=1S/C34H43N5O8/c1-15-10-18-11-20-22(13-35)39-21(26(38(20)7)24(18)28(41)30(15)45-8)12-19-25(29(42)31(46-9)16(2)27(19)40)23(39)14-36-32(43)17(3)37-33(44)47-34(4,5)6/h10,17,20-23,26,41H,11-12,14H2,1-9H3,(H,36,43)(H,37,44)/t17?,20-,21?,22?,23-,26-/m0/s1. The molecular weight excluding hydrogens is 606 g/mol. The monoisotopic (exact) mass is 649 g/mol. The van der Waals surface area contributed by atoms with Gasteiger partial charge in [0.05, 0.1) is 32.4 Å². The van der Waals surface area contributed by atoms with E-state index in [1.807, 2.05) is 24.9 Å². The van der Waals surface area contributed by atoms with Crippen molar-refractivity contribution in [3.63, 3.8) is 0 Å². The molecule has 3 unspecified atom stereocenters. The number of fused-ring (bicyclic) bond motifs is 6. The van der Waals surface area contributed by atoms with Crippen molar-refractivity contribution in [1.29, 1.82) is 5.26 Å². The largest absolute Gasteiger partial charge is 0.504 e. The van der Waals surface area contributed by atoms with Crippen LogP contribution in [0.4, 0.5) is 4.79 Å². The van der Waals surface area contributed by atoms with Crippen LogP contribution in [-0.4, -0.2) is 102 Å². The van der Waals surface area contributed by atoms with Gasteiger partial charge in [0.2, 0.25) is 11.7 Å². The third kappa shape index (κ3) is 5.63. The number of nitriles is 1. The van der Waals surface area contributed by atoms with Crippen molar-refractivity contribution in [3.8, 4) is 17.6 Å². The zero-order valence-electron chi connectivity index (χ0n) is 28.3. The SMILES string of the molecule is COC1=C(C)C(=O)C2=C(C1=O)[C@H](CNC(=O)C(C)NC(=O)OC(C)(C)C)N1C(C2)[C@H]2c3c(cc(C)c(OC)c3O)C[C@@H](C1C#N)N2C. The number of nitrogens with zero attached hydrogens (tertiary/aromatic N) is 3. The number of benzene rings is 1. The van der Waals surface area contributed by atoms with Crippen molar-refractivity contribution in [3.05, 3.63) is 45.2 Å². The van der Waals surface area contributed by atoms with E-state index in [9.17, 15) is 29.5 Å². The van der Waals surface area contributed by atoms with Crippen molar-refractivity contribution in [2.75, 3.05) is 27.8 Å². The van der Waals surface area contributed by atoms with Gasteiger partial charge in [-0.1, -0.05) is 6.07 Å². The number of allylic oxidation sites excluding steroid dienone is 2. The van der Waals surface area contributed by atoms with Crippen LogP contribution in [0.3, 0.4) is 0 Å². The number of carbonyl (C=O) groups is 4. The van der Waals surface area contributed by atoms with Gasteiger partial charge >= 0.3 is 6.09 Å². The second-order valence-electron chi connectivity index (χ2n) is 13.7. The van der Waals surface area contributed by atoms with E-state index in [0.717, 1.165) is 11.1 Å². The molecule has 3 N–H and O–H groups in total. The smallest absolute Gasteiger partial charge is 0.408 e. The molecule has 3 aliphatic heterocycles. The molecule has 2 bridgehead atoms. The second-order valence-corrected chi connectivity index (χ2v) is 13.7. The predicted molar refractivity (Wildman–Crippen MR) is 169 cm³/mol. The van der Waals surface area contributed by atoms with Crippen LogP contribution in [0.15, 0.2) is 28.5 Å². The molecule has 0 saturated carbocycles. The first-order chi connectivity index (χ1) is 22.1. The van der Waals surface area contributed by atoms with Crippen molar-refractivity contribution in [2.45, 2.75) is 96.2 Å². The van der Waals surface area contributed by atoms with Crippen LogP contribution in [0.1, 0.15) is 63.8 Å². The molecule has 47 heavy (non-hydrogen) atoms. The Morgan fingerprint density at radius 3 is 2.40 bits per heavy atom. The van der Waals surface area contributed by atoms with E-state index in [1.165, 1.54) is 21.1 Å². The fourth-order valence-electron chi connectivity index (χ4n) is 7.71. The number of ketones is 2. The van der Waals surface area contributed by atoms with Crippen molar-refractivity contribution < 1.29 is 38.5 Å². The van der Waals surface area contributed by atoms with E-state index < -0.39 is 53.6 Å². The van der Waals surface area contributed by atoms with Gasteiger partial charge in [0, 0.05) is 40.9 Å². The van der Waals surface area contributed by atoms with E-state index in [4.69, 9.17) is 14.2 Å². The molecule has 3 heterocycles. The first kappa shape index (κ1) is 33.9. The van der Waals surface area contributed by atoms with E-state index in [1.54, 1.807) is 27.7 Å². The number of Topliss-reactive ketones (excluding diaryl/α,β-unsaturated/α-hetero) is 2. The molecule has 0 aromatic heterocycles. The highest BCUT2D eigenvalue weighted by atomic mass is 16.6. The van der Waals surface area contributed by atoms with Crippen LogP contribution in [0.25, 0.3) is 0 Å². The van der Waals surface area contributed by atoms with Crippen molar-refractivity contribution >= 4 is 23.6 Å². The van der Waals surface area contributed by atoms with Crippen LogP contribution < -0.4 is 15.4 Å². The number of amides is 2. The summed E-state index contributed by atoms with van der Waals surface area (Å²) >= 11 is 0. The van der Waals surface area contributed by atoms with Crippen molar-refractivity contribution in [2.24, 2.45) is 0 Å². The number of methoxy groups -OCH3 is 2. The van der Waals surface area contributed by atoms with Gasteiger partial charge in [-0.3, -0.25) is 24.2 Å². The van der Waals surface area contributed by atoms with E-state index in [2.05, 4.69) is 21.6 Å². The topological polar surface area (TPSA) is 171 Å². The molecule has 4 aliphatic rings. The van der Waals surface area contributed by atoms with Gasteiger partial charge in [0.1, 0.15) is 17.7 Å². The van der Waals surface area contributed by atoms with Crippen LogP contribution in [0.5, 0.6) is 11.5 Å². The summed E-state index contributed by atoms with van der Waals surface area (Å²) in [6.07, 6.45) is -0.189. The average Bonchev–Trinajstić information content (AvgIpc) is 2.98. The summed E-state index contributed by atoms with van der Waals surface area (Å²) in [6.45, 7) is 9.90. The zero-order chi connectivity index (χ0) is 34.7. The minimum Gasteiger partial charge on any atom is -0.504 e. The quantitative estimate of drug-likeness (QED) is 0.387. The molecule has 1 aromatic rings. The highest BCUT2D eigenvalue weighted by molar-refractivity contribution is 6.25. The number of alkyl carbamates (subject to hydrolysis) is 1. The van der Waals surface area contributed by atoms with Crippen molar-refractivity contribution in [1.82, 2.24) is 20.4 Å². The van der Waals surface area contributed by atoms with Gasteiger partial charge in [-0.2, -0.15) is 5.26 Å². The fraction of sp³-hybridized carbons (Fsp3) is 0.559. The van der Waals surface area contributed by atoms with Gasteiger partial charge in [-0.05, 0) is 72.6 Å². The Balaban J connectivity index is 1.59. The molecule has 0 radical (unpaired) electrons. The minimum absolute atomic E-state index is 0.00335. The molecule has 1 saturated heterocycles. The maximum Gasteiger partial charge on any atom is 0.408 e. The van der Waals surface area contributed by atoms with Crippen LogP contribution in [-0.2, 0) is 30.3 Å². The Kier molecular flexibility index (Phi) is 8.89. The lowest BCUT2D eigenvalue weighted by Gasteiger charge is -2.60. The zero-order valence-corrected chi connectivity index (χ0v) is 28.3. The number of hydrogen-bond donors (Lipinski definition) is 3. The fourth-order valence-corrected chi connectivity index (χ4v) is 7.71. The highest BCUT2D eigenvalue weighted by Crippen LogP contribution is 2.53. The number of phenols is 1. The third-order valence-electron chi connectivity index (χ3n) is 9.66. The Labute approximate surface area is 274 Å². The number of nitrogens with one attached hydrogen (secondary N) is 2. The highest BCUT2D eigenvalue weighted by Gasteiger charge is 2.58. The third-order valence-corrected chi connectivity index (χ3v) is 9.66. The molecule has 1 fully saturated rings. The van der Waals surface area contributed by atoms with Crippen LogP contribution in [0.2, 0.25) is 0 Å². The van der Waals surface area contributed by atoms with Crippen LogP contribution in [0, 0.1) is 18.3 Å². The number of carbonyl (C=O) groups excluding carboxylic acids is 4. The molecule has 1 aliphatic carbocycles. The molecule has 252 valence electrons. The molecule has 5 rings (SSSR count). The number of phenolic OH excluding ortho intramolecular Hbond substituents is 1. The molecule has 0 spiro atoms. The maximum atomic E-state index is 14.0. The molecule has 6 atom stereocenters. The number of aryl methyl sites for hydroxylation is 1. The number of piperazine rings is 1. The predicted octanol–water partition coefficient (Wildman–Crippen LogP) is 2.35. The molecule has 13 nitrogen and oxygen atoms in total. The van der Waals surface area contributed by atoms with Gasteiger partial charge in [-0.25, -0.2) is 4.79 Å². The summed E-state index contributed by atoms with van der Waals surface area (Å²) in [7, 11) is 4.72. The molecule has 13 heteroatoms. The summed E-state index contributed by atoms with van der Waals surface area (Å²) in [5.41, 5.74) is 2.20. The molecule has 2 amide bonds. The van der Waals surface area contributed by atoms with E-state index >= 15 is 0 Å². The molecular formula is C34H43N5O8. The van der Waals surface area contributed by atoms with Crippen LogP contribution >= 0.6 is 0 Å². The number of aromatic hydroxyl groups is 1.